The Morgan fingerprint density at radius 2 is 1.89 bits per heavy atom. The second-order valence-electron chi connectivity index (χ2n) is 6.55. The Hall–Kier alpha value is -2.23. The minimum Gasteiger partial charge on any atom is -0.354 e. The normalized spacial score (nSPS) is 16.0. The van der Waals surface area contributed by atoms with Crippen molar-refractivity contribution in [1.29, 1.82) is 0 Å². The summed E-state index contributed by atoms with van der Waals surface area (Å²) >= 11 is 1.46. The fourth-order valence-electron chi connectivity index (χ4n) is 3.23. The largest absolute Gasteiger partial charge is 0.354 e. The van der Waals surface area contributed by atoms with E-state index in [-0.39, 0.29) is 0 Å². The van der Waals surface area contributed by atoms with Crippen LogP contribution in [0, 0.1) is 13.8 Å². The number of hydrogen-bond acceptors (Lipinski definition) is 6. The molecule has 1 fully saturated rings. The highest BCUT2D eigenvalue weighted by atomic mass is 32.2. The van der Waals surface area contributed by atoms with Crippen molar-refractivity contribution in [2.75, 3.05) is 31.1 Å². The number of hydrogen-bond donors (Lipinski definition) is 1. The van der Waals surface area contributed by atoms with E-state index in [2.05, 4.69) is 20.1 Å². The SMILES string of the molecule is Cc1cc(-c2cc(S(=O)(=O)N3CCN(c4ccccn4)CC3)c(C)s2)n[nH]1. The van der Waals surface area contributed by atoms with Crippen LogP contribution in [0.15, 0.2) is 41.4 Å². The molecule has 1 N–H and O–H groups in total. The quantitative estimate of drug-likeness (QED) is 0.724. The average molecular weight is 404 g/mol. The van der Waals surface area contributed by atoms with Crippen molar-refractivity contribution in [2.45, 2.75) is 18.7 Å². The molecule has 0 bridgehead atoms. The van der Waals surface area contributed by atoms with E-state index in [4.69, 9.17) is 0 Å². The van der Waals surface area contributed by atoms with Crippen molar-refractivity contribution in [3.63, 3.8) is 0 Å². The molecule has 0 atom stereocenters. The molecule has 0 spiro atoms. The van der Waals surface area contributed by atoms with Gasteiger partial charge in [-0.05, 0) is 38.1 Å². The van der Waals surface area contributed by atoms with Crippen molar-refractivity contribution >= 4 is 27.2 Å². The van der Waals surface area contributed by atoms with E-state index >= 15 is 0 Å². The van der Waals surface area contributed by atoms with Crippen molar-refractivity contribution in [3.05, 3.63) is 47.1 Å². The highest BCUT2D eigenvalue weighted by Gasteiger charge is 2.31. The van der Waals surface area contributed by atoms with Crippen LogP contribution in [0.4, 0.5) is 5.82 Å². The van der Waals surface area contributed by atoms with Gasteiger partial charge >= 0.3 is 0 Å². The molecule has 27 heavy (non-hydrogen) atoms. The van der Waals surface area contributed by atoms with Crippen LogP contribution in [0.1, 0.15) is 10.6 Å². The lowest BCUT2D eigenvalue weighted by Crippen LogP contribution is -2.48. The van der Waals surface area contributed by atoms with Gasteiger partial charge in [0.05, 0.1) is 9.77 Å². The number of aromatic amines is 1. The summed E-state index contributed by atoms with van der Waals surface area (Å²) in [6.07, 6.45) is 1.76. The summed E-state index contributed by atoms with van der Waals surface area (Å²) in [5, 5.41) is 7.15. The van der Waals surface area contributed by atoms with Crippen molar-refractivity contribution in [1.82, 2.24) is 19.5 Å². The van der Waals surface area contributed by atoms with Crippen molar-refractivity contribution < 1.29 is 8.42 Å². The molecule has 0 unspecified atom stereocenters. The molecule has 0 radical (unpaired) electrons. The number of aromatic nitrogens is 3. The van der Waals surface area contributed by atoms with Gasteiger partial charge in [0.25, 0.3) is 0 Å². The lowest BCUT2D eigenvalue weighted by molar-refractivity contribution is 0.384. The number of piperazine rings is 1. The van der Waals surface area contributed by atoms with Gasteiger partial charge in [-0.3, -0.25) is 5.10 Å². The molecule has 0 aliphatic carbocycles. The number of nitrogens with one attached hydrogen (secondary N) is 1. The second kappa shape index (κ2) is 7.06. The molecule has 9 heteroatoms. The summed E-state index contributed by atoms with van der Waals surface area (Å²) in [7, 11) is -3.52. The Morgan fingerprint density at radius 1 is 1.11 bits per heavy atom. The standard InChI is InChI=1S/C18H21N5O2S2/c1-13-11-15(21-20-13)16-12-17(14(2)26-16)27(24,25)23-9-7-22(8-10-23)18-5-3-4-6-19-18/h3-6,11-12H,7-10H2,1-2H3,(H,20,21). The minimum absolute atomic E-state index is 0.384. The van der Waals surface area contributed by atoms with Gasteiger partial charge < -0.3 is 4.90 Å². The number of thiophene rings is 1. The summed E-state index contributed by atoms with van der Waals surface area (Å²) in [6.45, 7) is 5.94. The van der Waals surface area contributed by atoms with Crippen LogP contribution in [0.5, 0.6) is 0 Å². The zero-order chi connectivity index (χ0) is 19.0. The number of aryl methyl sites for hydroxylation is 2. The van der Waals surface area contributed by atoms with Gasteiger partial charge in [-0.1, -0.05) is 6.07 Å². The highest BCUT2D eigenvalue weighted by molar-refractivity contribution is 7.89. The predicted octanol–water partition coefficient (Wildman–Crippen LogP) is 2.66. The third kappa shape index (κ3) is 3.50. The maximum Gasteiger partial charge on any atom is 0.244 e. The van der Waals surface area contributed by atoms with Crippen LogP contribution in [-0.2, 0) is 10.0 Å². The van der Waals surface area contributed by atoms with Crippen molar-refractivity contribution in [2.24, 2.45) is 0 Å². The monoisotopic (exact) mass is 403 g/mol. The van der Waals surface area contributed by atoms with E-state index in [9.17, 15) is 8.42 Å². The van der Waals surface area contributed by atoms with Crippen LogP contribution in [0.3, 0.4) is 0 Å². The Balaban J connectivity index is 1.53. The number of anilines is 1. The number of pyridine rings is 1. The summed E-state index contributed by atoms with van der Waals surface area (Å²) in [6, 6.07) is 9.44. The molecule has 0 amide bonds. The molecule has 1 saturated heterocycles. The Morgan fingerprint density at radius 3 is 2.52 bits per heavy atom. The summed E-state index contributed by atoms with van der Waals surface area (Å²) < 4.78 is 27.9. The van der Waals surface area contributed by atoms with E-state index < -0.39 is 10.0 Å². The fourth-order valence-corrected chi connectivity index (χ4v) is 6.17. The van der Waals surface area contributed by atoms with Crippen molar-refractivity contribution in [3.8, 4) is 10.6 Å². The zero-order valence-corrected chi connectivity index (χ0v) is 16.8. The minimum atomic E-state index is -3.52. The van der Waals surface area contributed by atoms with E-state index in [1.165, 1.54) is 11.3 Å². The smallest absolute Gasteiger partial charge is 0.244 e. The molecule has 0 aromatic carbocycles. The molecule has 4 heterocycles. The summed E-state index contributed by atoms with van der Waals surface area (Å²) in [4.78, 5) is 8.50. The number of sulfonamides is 1. The van der Waals surface area contributed by atoms with Gasteiger partial charge in [-0.2, -0.15) is 9.40 Å². The Labute approximate surface area is 162 Å². The molecule has 1 aliphatic heterocycles. The number of H-pyrrole nitrogens is 1. The van der Waals surface area contributed by atoms with Crippen LogP contribution in [-0.4, -0.2) is 54.1 Å². The molecular formula is C18H21N5O2S2. The lowest BCUT2D eigenvalue weighted by Gasteiger charge is -2.34. The molecule has 3 aromatic rings. The first-order chi connectivity index (χ1) is 12.9. The van der Waals surface area contributed by atoms with Crippen LogP contribution >= 0.6 is 11.3 Å². The summed E-state index contributed by atoms with van der Waals surface area (Å²) in [5.74, 6) is 0.887. The van der Waals surface area contributed by atoms with Gasteiger partial charge in [-0.15, -0.1) is 11.3 Å². The molecule has 7 nitrogen and oxygen atoms in total. The predicted molar refractivity (Wildman–Crippen MR) is 107 cm³/mol. The molecule has 3 aromatic heterocycles. The number of rotatable bonds is 4. The van der Waals surface area contributed by atoms with E-state index in [1.807, 2.05) is 38.1 Å². The zero-order valence-electron chi connectivity index (χ0n) is 15.2. The van der Waals surface area contributed by atoms with Gasteiger partial charge in [0, 0.05) is 42.9 Å². The van der Waals surface area contributed by atoms with Gasteiger partial charge in [0.2, 0.25) is 10.0 Å². The van der Waals surface area contributed by atoms with E-state index in [1.54, 1.807) is 16.6 Å². The topological polar surface area (TPSA) is 82.2 Å². The third-order valence-corrected chi connectivity index (χ3v) is 7.89. The maximum absolute atomic E-state index is 13.2. The highest BCUT2D eigenvalue weighted by Crippen LogP contribution is 2.34. The second-order valence-corrected chi connectivity index (χ2v) is 9.71. The lowest BCUT2D eigenvalue weighted by atomic mass is 10.3. The molecular weight excluding hydrogens is 382 g/mol. The third-order valence-electron chi connectivity index (χ3n) is 4.66. The molecule has 0 saturated carbocycles. The van der Waals surface area contributed by atoms with Crippen LogP contribution in [0.25, 0.3) is 10.6 Å². The van der Waals surface area contributed by atoms with E-state index in [0.717, 1.165) is 27.0 Å². The van der Waals surface area contributed by atoms with E-state index in [0.29, 0.717) is 31.1 Å². The van der Waals surface area contributed by atoms with Gasteiger partial charge in [0.1, 0.15) is 11.5 Å². The molecule has 1 aliphatic rings. The fraction of sp³-hybridized carbons (Fsp3) is 0.333. The summed E-state index contributed by atoms with van der Waals surface area (Å²) in [5.41, 5.74) is 1.73. The first kappa shape index (κ1) is 18.1. The first-order valence-electron chi connectivity index (χ1n) is 8.74. The van der Waals surface area contributed by atoms with Gasteiger partial charge in [0.15, 0.2) is 0 Å². The first-order valence-corrected chi connectivity index (χ1v) is 11.0. The average Bonchev–Trinajstić information content (AvgIpc) is 3.28. The van der Waals surface area contributed by atoms with Crippen LogP contribution < -0.4 is 4.90 Å². The maximum atomic E-state index is 13.2. The Kier molecular flexibility index (Phi) is 4.75. The number of nitrogens with zero attached hydrogens (tertiary/aromatic N) is 4. The Bertz CT molecular complexity index is 1030. The molecule has 142 valence electrons. The van der Waals surface area contributed by atoms with Crippen LogP contribution in [0.2, 0.25) is 0 Å². The van der Waals surface area contributed by atoms with Gasteiger partial charge in [-0.25, -0.2) is 13.4 Å². The molecule has 4 rings (SSSR count).